The average molecular weight is 247 g/mol. The zero-order valence-corrected chi connectivity index (χ0v) is 11.1. The first-order valence-electron chi connectivity index (χ1n) is 6.35. The van der Waals surface area contributed by atoms with Crippen LogP contribution in [0.2, 0.25) is 0 Å². The van der Waals surface area contributed by atoms with Crippen molar-refractivity contribution in [3.8, 4) is 0 Å². The Kier molecular flexibility index (Phi) is 3.87. The molecule has 1 aromatic rings. The molecule has 1 aliphatic heterocycles. The van der Waals surface area contributed by atoms with Gasteiger partial charge in [0.15, 0.2) is 5.96 Å². The normalized spacial score (nSPS) is 23.2. The van der Waals surface area contributed by atoms with E-state index in [9.17, 15) is 0 Å². The second-order valence-corrected chi connectivity index (χ2v) is 4.88. The molecule has 2 rings (SSSR count). The topological polar surface area (TPSA) is 50.9 Å². The molecule has 1 atom stereocenters. The number of ether oxygens (including phenoxy) is 1. The maximum atomic E-state index is 5.99. The van der Waals surface area contributed by atoms with Crippen LogP contribution < -0.4 is 5.73 Å². The van der Waals surface area contributed by atoms with Crippen molar-refractivity contribution in [1.82, 2.24) is 4.90 Å². The van der Waals surface area contributed by atoms with Crippen LogP contribution >= 0.6 is 0 Å². The van der Waals surface area contributed by atoms with Crippen LogP contribution in [0.4, 0.5) is 0 Å². The standard InChI is InChI=1S/C14H21N3O/c1-3-18-11-14(2)10-16-13(15)17(14)9-12-7-5-4-6-8-12/h4-8H,3,9-11H2,1-2H3,(H2,15,16). The zero-order chi connectivity index (χ0) is 13.0. The van der Waals surface area contributed by atoms with Crippen molar-refractivity contribution in [1.29, 1.82) is 0 Å². The Bertz CT molecular complexity index is 418. The number of rotatable bonds is 5. The molecular weight excluding hydrogens is 226 g/mol. The van der Waals surface area contributed by atoms with Crippen LogP contribution in [-0.4, -0.2) is 36.2 Å². The van der Waals surface area contributed by atoms with Crippen molar-refractivity contribution in [2.45, 2.75) is 25.9 Å². The number of nitrogens with zero attached hydrogens (tertiary/aromatic N) is 2. The molecule has 0 aliphatic carbocycles. The number of hydrogen-bond donors (Lipinski definition) is 1. The summed E-state index contributed by atoms with van der Waals surface area (Å²) in [6, 6.07) is 10.3. The Balaban J connectivity index is 2.10. The van der Waals surface area contributed by atoms with Crippen LogP contribution in [0, 0.1) is 0 Å². The first-order chi connectivity index (χ1) is 8.65. The maximum Gasteiger partial charge on any atom is 0.192 e. The van der Waals surface area contributed by atoms with Gasteiger partial charge in [0.05, 0.1) is 18.7 Å². The van der Waals surface area contributed by atoms with Gasteiger partial charge in [0, 0.05) is 13.2 Å². The molecule has 0 saturated carbocycles. The molecular formula is C14H21N3O. The highest BCUT2D eigenvalue weighted by Crippen LogP contribution is 2.24. The van der Waals surface area contributed by atoms with Crippen molar-refractivity contribution >= 4 is 5.96 Å². The highest BCUT2D eigenvalue weighted by atomic mass is 16.5. The predicted molar refractivity (Wildman–Crippen MR) is 73.4 cm³/mol. The molecule has 1 heterocycles. The summed E-state index contributed by atoms with van der Waals surface area (Å²) in [5.41, 5.74) is 7.10. The SMILES string of the molecule is CCOCC1(C)CN=C(N)N1Cc1ccccc1. The Hall–Kier alpha value is -1.55. The molecule has 1 aliphatic rings. The molecule has 0 spiro atoms. The van der Waals surface area contributed by atoms with E-state index in [0.29, 0.717) is 25.7 Å². The van der Waals surface area contributed by atoms with E-state index >= 15 is 0 Å². The largest absolute Gasteiger partial charge is 0.379 e. The molecule has 0 aromatic heterocycles. The van der Waals surface area contributed by atoms with E-state index in [4.69, 9.17) is 10.5 Å². The van der Waals surface area contributed by atoms with Gasteiger partial charge in [-0.25, -0.2) is 0 Å². The number of guanidine groups is 1. The third kappa shape index (κ3) is 2.64. The van der Waals surface area contributed by atoms with Crippen molar-refractivity contribution in [3.05, 3.63) is 35.9 Å². The molecule has 0 fully saturated rings. The highest BCUT2D eigenvalue weighted by molar-refractivity contribution is 5.81. The first-order valence-corrected chi connectivity index (χ1v) is 6.35. The average Bonchev–Trinajstić information content (AvgIpc) is 2.67. The molecule has 98 valence electrons. The zero-order valence-electron chi connectivity index (χ0n) is 11.1. The molecule has 18 heavy (non-hydrogen) atoms. The van der Waals surface area contributed by atoms with Crippen LogP contribution in [0.25, 0.3) is 0 Å². The number of nitrogens with two attached hydrogens (primary N) is 1. The minimum Gasteiger partial charge on any atom is -0.379 e. The van der Waals surface area contributed by atoms with Crippen LogP contribution in [0.5, 0.6) is 0 Å². The van der Waals surface area contributed by atoms with Crippen LogP contribution in [0.3, 0.4) is 0 Å². The van der Waals surface area contributed by atoms with Crippen LogP contribution in [0.1, 0.15) is 19.4 Å². The Labute approximate surface area is 108 Å². The van der Waals surface area contributed by atoms with Gasteiger partial charge >= 0.3 is 0 Å². The van der Waals surface area contributed by atoms with Crippen molar-refractivity contribution in [2.24, 2.45) is 10.7 Å². The Morgan fingerprint density at radius 2 is 2.11 bits per heavy atom. The van der Waals surface area contributed by atoms with Crippen LogP contribution in [0.15, 0.2) is 35.3 Å². The minimum absolute atomic E-state index is 0.129. The molecule has 2 N–H and O–H groups in total. The summed E-state index contributed by atoms with van der Waals surface area (Å²) < 4.78 is 5.57. The lowest BCUT2D eigenvalue weighted by Crippen LogP contribution is -2.51. The van der Waals surface area contributed by atoms with Gasteiger partial charge in [-0.15, -0.1) is 0 Å². The van der Waals surface area contributed by atoms with Gasteiger partial charge in [-0.2, -0.15) is 0 Å². The summed E-state index contributed by atoms with van der Waals surface area (Å²) in [5.74, 6) is 0.612. The fraction of sp³-hybridized carbons (Fsp3) is 0.500. The van der Waals surface area contributed by atoms with Gasteiger partial charge in [-0.1, -0.05) is 30.3 Å². The fourth-order valence-corrected chi connectivity index (χ4v) is 2.18. The minimum atomic E-state index is -0.129. The summed E-state index contributed by atoms with van der Waals surface area (Å²) in [6.07, 6.45) is 0. The van der Waals surface area contributed by atoms with E-state index in [1.165, 1.54) is 5.56 Å². The van der Waals surface area contributed by atoms with E-state index in [-0.39, 0.29) is 5.54 Å². The smallest absolute Gasteiger partial charge is 0.192 e. The second kappa shape index (κ2) is 5.40. The molecule has 1 unspecified atom stereocenters. The van der Waals surface area contributed by atoms with Gasteiger partial charge in [0.1, 0.15) is 0 Å². The summed E-state index contributed by atoms with van der Waals surface area (Å²) in [4.78, 5) is 6.50. The second-order valence-electron chi connectivity index (χ2n) is 4.88. The van der Waals surface area contributed by atoms with Gasteiger partial charge in [0.2, 0.25) is 0 Å². The Morgan fingerprint density at radius 1 is 1.39 bits per heavy atom. The van der Waals surface area contributed by atoms with E-state index in [0.717, 1.165) is 6.54 Å². The molecule has 0 amide bonds. The summed E-state index contributed by atoms with van der Waals surface area (Å²) in [7, 11) is 0. The molecule has 0 bridgehead atoms. The van der Waals surface area contributed by atoms with Crippen molar-refractivity contribution in [2.75, 3.05) is 19.8 Å². The number of hydrogen-bond acceptors (Lipinski definition) is 4. The van der Waals surface area contributed by atoms with Gasteiger partial charge in [-0.3, -0.25) is 4.99 Å². The van der Waals surface area contributed by atoms with Gasteiger partial charge < -0.3 is 15.4 Å². The van der Waals surface area contributed by atoms with Crippen molar-refractivity contribution < 1.29 is 4.74 Å². The first kappa shape index (κ1) is 12.9. The van der Waals surface area contributed by atoms with Gasteiger partial charge in [-0.05, 0) is 19.4 Å². The number of aliphatic imine (C=N–C) groups is 1. The Morgan fingerprint density at radius 3 is 2.78 bits per heavy atom. The molecule has 0 radical (unpaired) electrons. The van der Waals surface area contributed by atoms with E-state index < -0.39 is 0 Å². The fourth-order valence-electron chi connectivity index (χ4n) is 2.18. The molecule has 0 saturated heterocycles. The maximum absolute atomic E-state index is 5.99. The van der Waals surface area contributed by atoms with Crippen LogP contribution in [-0.2, 0) is 11.3 Å². The molecule has 4 heteroatoms. The summed E-state index contributed by atoms with van der Waals surface area (Å²) in [5, 5.41) is 0. The van der Waals surface area contributed by atoms with Gasteiger partial charge in [0.25, 0.3) is 0 Å². The van der Waals surface area contributed by atoms with E-state index in [1.807, 2.05) is 25.1 Å². The van der Waals surface area contributed by atoms with E-state index in [1.54, 1.807) is 0 Å². The third-order valence-corrected chi connectivity index (χ3v) is 3.31. The lowest BCUT2D eigenvalue weighted by Gasteiger charge is -2.36. The highest BCUT2D eigenvalue weighted by Gasteiger charge is 2.38. The molecule has 4 nitrogen and oxygen atoms in total. The monoisotopic (exact) mass is 247 g/mol. The number of benzene rings is 1. The predicted octanol–water partition coefficient (Wildman–Crippen LogP) is 1.61. The third-order valence-electron chi connectivity index (χ3n) is 3.31. The summed E-state index contributed by atoms with van der Waals surface area (Å²) in [6.45, 7) is 7.00. The van der Waals surface area contributed by atoms with E-state index in [2.05, 4.69) is 28.9 Å². The quantitative estimate of drug-likeness (QED) is 0.860. The molecule has 1 aromatic carbocycles. The van der Waals surface area contributed by atoms with Crippen molar-refractivity contribution in [3.63, 3.8) is 0 Å². The lowest BCUT2D eigenvalue weighted by molar-refractivity contribution is 0.0500. The lowest BCUT2D eigenvalue weighted by atomic mass is 10.0. The summed E-state index contributed by atoms with van der Waals surface area (Å²) >= 11 is 0.